The first kappa shape index (κ1) is 27.5. The Morgan fingerprint density at radius 2 is 2.03 bits per heavy atom. The van der Waals surface area contributed by atoms with E-state index in [2.05, 4.69) is 15.2 Å². The van der Waals surface area contributed by atoms with Crippen LogP contribution in [0.1, 0.15) is 46.4 Å². The Bertz CT molecular complexity index is 1160. The van der Waals surface area contributed by atoms with Crippen LogP contribution in [-0.4, -0.2) is 84.2 Å². The molecule has 0 saturated carbocycles. The molecule has 11 heteroatoms. The zero-order valence-corrected chi connectivity index (χ0v) is 21.7. The van der Waals surface area contributed by atoms with Crippen LogP contribution < -0.4 is 5.32 Å². The van der Waals surface area contributed by atoms with E-state index in [9.17, 15) is 22.8 Å². The highest BCUT2D eigenvalue weighted by molar-refractivity contribution is 5.99. The molecule has 2 fully saturated rings. The number of ether oxygens (including phenoxy) is 2. The third kappa shape index (κ3) is 6.77. The van der Waals surface area contributed by atoms with Crippen LogP contribution in [0.2, 0.25) is 0 Å². The van der Waals surface area contributed by atoms with Gasteiger partial charge in [-0.25, -0.2) is 0 Å². The maximum absolute atomic E-state index is 13.2. The van der Waals surface area contributed by atoms with Crippen molar-refractivity contribution in [2.45, 2.75) is 56.7 Å². The van der Waals surface area contributed by atoms with E-state index >= 15 is 0 Å². The summed E-state index contributed by atoms with van der Waals surface area (Å²) in [7, 11) is 0. The van der Waals surface area contributed by atoms with E-state index in [1.165, 1.54) is 11.0 Å². The Labute approximate surface area is 225 Å². The minimum atomic E-state index is -4.54. The number of benzene rings is 1. The fourth-order valence-electron chi connectivity index (χ4n) is 5.61. The molecule has 3 aliphatic heterocycles. The summed E-state index contributed by atoms with van der Waals surface area (Å²) in [5, 5.41) is 3.05. The molecule has 39 heavy (non-hydrogen) atoms. The molecule has 1 aromatic heterocycles. The number of aromatic nitrogens is 1. The largest absolute Gasteiger partial charge is 0.416 e. The number of hydrogen-bond donors (Lipinski definition) is 1. The van der Waals surface area contributed by atoms with Crippen molar-refractivity contribution in [2.24, 2.45) is 0 Å². The van der Waals surface area contributed by atoms with Gasteiger partial charge in [0, 0.05) is 50.7 Å². The fourth-order valence-corrected chi connectivity index (χ4v) is 5.61. The third-order valence-electron chi connectivity index (χ3n) is 7.69. The zero-order valence-electron chi connectivity index (χ0n) is 21.7. The quantitative estimate of drug-likeness (QED) is 0.575. The minimum absolute atomic E-state index is 0.00284. The van der Waals surface area contributed by atoms with E-state index < -0.39 is 17.6 Å². The number of pyridine rings is 1. The lowest BCUT2D eigenvalue weighted by molar-refractivity contribution is -0.137. The van der Waals surface area contributed by atoms with Gasteiger partial charge in [-0.15, -0.1) is 0 Å². The summed E-state index contributed by atoms with van der Waals surface area (Å²) in [6.45, 7) is 3.06. The van der Waals surface area contributed by atoms with Crippen LogP contribution in [0.5, 0.6) is 0 Å². The summed E-state index contributed by atoms with van der Waals surface area (Å²) in [5.41, 5.74) is 0.484. The van der Waals surface area contributed by atoms with Gasteiger partial charge in [-0.2, -0.15) is 13.2 Å². The van der Waals surface area contributed by atoms with Gasteiger partial charge in [0.15, 0.2) is 0 Å². The van der Waals surface area contributed by atoms with Gasteiger partial charge >= 0.3 is 6.18 Å². The second-order valence-electron chi connectivity index (χ2n) is 10.3. The van der Waals surface area contributed by atoms with Gasteiger partial charge < -0.3 is 19.7 Å². The number of alkyl halides is 3. The number of nitrogens with zero attached hydrogens (tertiary/aromatic N) is 3. The molecule has 0 aliphatic carbocycles. The summed E-state index contributed by atoms with van der Waals surface area (Å²) in [6, 6.07) is 8.87. The SMILES string of the molecule is O=C(CN1CCc2ccc(C(F)(F)F)cc2C1=O)NC1CN(C2CCCOCC2)CC1OCc1ccccn1. The van der Waals surface area contributed by atoms with Crippen LogP contribution in [0.15, 0.2) is 42.6 Å². The first-order valence-electron chi connectivity index (χ1n) is 13.4. The first-order chi connectivity index (χ1) is 18.8. The van der Waals surface area contributed by atoms with Crippen molar-refractivity contribution < 1.29 is 32.2 Å². The molecular formula is C28H33F3N4O4. The number of nitrogens with one attached hydrogen (secondary N) is 1. The molecule has 2 aromatic rings. The molecule has 3 unspecified atom stereocenters. The van der Waals surface area contributed by atoms with E-state index in [0.29, 0.717) is 44.3 Å². The lowest BCUT2D eigenvalue weighted by Crippen LogP contribution is -2.50. The average molecular weight is 547 g/mol. The van der Waals surface area contributed by atoms with Crippen molar-refractivity contribution >= 4 is 11.8 Å². The number of halogens is 3. The Morgan fingerprint density at radius 1 is 1.15 bits per heavy atom. The van der Waals surface area contributed by atoms with Crippen molar-refractivity contribution in [3.8, 4) is 0 Å². The maximum atomic E-state index is 13.2. The van der Waals surface area contributed by atoms with Crippen molar-refractivity contribution in [3.63, 3.8) is 0 Å². The molecule has 210 valence electrons. The molecule has 3 atom stereocenters. The van der Waals surface area contributed by atoms with Crippen LogP contribution in [-0.2, 0) is 33.5 Å². The number of carbonyl (C=O) groups is 2. The number of likely N-dealkylation sites (tertiary alicyclic amines) is 1. The predicted octanol–water partition coefficient (Wildman–Crippen LogP) is 3.05. The number of rotatable bonds is 7. The Balaban J connectivity index is 1.24. The highest BCUT2D eigenvalue weighted by Gasteiger charge is 2.39. The van der Waals surface area contributed by atoms with Crippen LogP contribution >= 0.6 is 0 Å². The molecule has 1 aromatic carbocycles. The number of carbonyl (C=O) groups excluding carboxylic acids is 2. The second kappa shape index (κ2) is 12.0. The van der Waals surface area contributed by atoms with Gasteiger partial charge in [-0.05, 0) is 55.5 Å². The van der Waals surface area contributed by atoms with E-state index in [1.807, 2.05) is 18.2 Å². The lowest BCUT2D eigenvalue weighted by Gasteiger charge is -2.29. The number of amides is 2. The summed E-state index contributed by atoms with van der Waals surface area (Å²) < 4.78 is 51.4. The minimum Gasteiger partial charge on any atom is -0.381 e. The van der Waals surface area contributed by atoms with Crippen LogP contribution in [0, 0.1) is 0 Å². The molecule has 5 rings (SSSR count). The highest BCUT2D eigenvalue weighted by atomic mass is 19.4. The standard InChI is InChI=1S/C28H33F3N4O4/c29-28(30,31)20-7-6-19-8-11-34(27(37)23(19)14-20)17-26(36)33-24-15-35(22-5-3-12-38-13-9-22)16-25(24)39-18-21-4-1-2-10-32-21/h1-2,4,6-7,10,14,22,24-25H,3,5,8-9,11-13,15-18H2,(H,33,36). The molecule has 1 N–H and O–H groups in total. The van der Waals surface area contributed by atoms with Crippen molar-refractivity contribution in [3.05, 3.63) is 65.0 Å². The normalized spacial score (nSPS) is 24.3. The maximum Gasteiger partial charge on any atom is 0.416 e. The first-order valence-corrected chi connectivity index (χ1v) is 13.4. The van der Waals surface area contributed by atoms with E-state index in [4.69, 9.17) is 9.47 Å². The van der Waals surface area contributed by atoms with E-state index in [0.717, 1.165) is 43.7 Å². The van der Waals surface area contributed by atoms with Gasteiger partial charge in [0.05, 0.1) is 36.6 Å². The van der Waals surface area contributed by atoms with Crippen LogP contribution in [0.25, 0.3) is 0 Å². The highest BCUT2D eigenvalue weighted by Crippen LogP contribution is 2.32. The number of hydrogen-bond acceptors (Lipinski definition) is 6. The fraction of sp³-hybridized carbons (Fsp3) is 0.536. The Kier molecular flexibility index (Phi) is 8.49. The van der Waals surface area contributed by atoms with Crippen LogP contribution in [0.4, 0.5) is 13.2 Å². The smallest absolute Gasteiger partial charge is 0.381 e. The molecule has 3 aliphatic rings. The Morgan fingerprint density at radius 3 is 2.82 bits per heavy atom. The molecule has 2 amide bonds. The van der Waals surface area contributed by atoms with E-state index in [-0.39, 0.29) is 36.7 Å². The molecule has 0 bridgehead atoms. The second-order valence-corrected chi connectivity index (χ2v) is 10.3. The molecule has 2 saturated heterocycles. The zero-order chi connectivity index (χ0) is 27.4. The van der Waals surface area contributed by atoms with Gasteiger partial charge in [-0.3, -0.25) is 19.5 Å². The van der Waals surface area contributed by atoms with Crippen molar-refractivity contribution in [1.29, 1.82) is 0 Å². The van der Waals surface area contributed by atoms with Gasteiger partial charge in [0.2, 0.25) is 5.91 Å². The molecule has 0 spiro atoms. The Hall–Kier alpha value is -3.02. The van der Waals surface area contributed by atoms with Crippen LogP contribution in [0.3, 0.4) is 0 Å². The summed E-state index contributed by atoms with van der Waals surface area (Å²) in [6.07, 6.45) is 0.180. The molecule has 8 nitrogen and oxygen atoms in total. The topological polar surface area (TPSA) is 84.0 Å². The third-order valence-corrected chi connectivity index (χ3v) is 7.69. The summed E-state index contributed by atoms with van der Waals surface area (Å²) in [5.74, 6) is -0.923. The molecule has 4 heterocycles. The molecule has 0 radical (unpaired) electrons. The number of fused-ring (bicyclic) bond motifs is 1. The lowest BCUT2D eigenvalue weighted by atomic mass is 9.96. The average Bonchev–Trinajstić information content (AvgIpc) is 3.11. The predicted molar refractivity (Wildman–Crippen MR) is 136 cm³/mol. The van der Waals surface area contributed by atoms with Gasteiger partial charge in [0.25, 0.3) is 5.91 Å². The van der Waals surface area contributed by atoms with Gasteiger partial charge in [-0.1, -0.05) is 12.1 Å². The van der Waals surface area contributed by atoms with Crippen molar-refractivity contribution in [1.82, 2.24) is 20.1 Å². The van der Waals surface area contributed by atoms with Gasteiger partial charge in [0.1, 0.15) is 0 Å². The summed E-state index contributed by atoms with van der Waals surface area (Å²) >= 11 is 0. The molecular weight excluding hydrogens is 513 g/mol. The van der Waals surface area contributed by atoms with Crippen molar-refractivity contribution in [2.75, 3.05) is 39.4 Å². The monoisotopic (exact) mass is 546 g/mol. The summed E-state index contributed by atoms with van der Waals surface area (Å²) in [4.78, 5) is 34.1. The van der Waals surface area contributed by atoms with E-state index in [1.54, 1.807) is 6.20 Å².